The molecule has 122 valence electrons. The van der Waals surface area contributed by atoms with Crippen LogP contribution in [0, 0.1) is 5.92 Å². The van der Waals surface area contributed by atoms with E-state index in [0.717, 1.165) is 25.9 Å². The molecule has 2 fully saturated rings. The first-order valence-electron chi connectivity index (χ1n) is 7.67. The predicted octanol–water partition coefficient (Wildman–Crippen LogP) is 2.50. The van der Waals surface area contributed by atoms with Gasteiger partial charge in [-0.1, -0.05) is 6.42 Å². The Morgan fingerprint density at radius 1 is 1.05 bits per heavy atom. The highest BCUT2D eigenvalue weighted by Gasteiger charge is 2.42. The summed E-state index contributed by atoms with van der Waals surface area (Å²) < 4.78 is 38.2. The van der Waals surface area contributed by atoms with E-state index in [1.54, 1.807) is 0 Å². The average Bonchev–Trinajstić information content (AvgIpc) is 2.41. The highest BCUT2D eigenvalue weighted by atomic mass is 19.4. The summed E-state index contributed by atoms with van der Waals surface area (Å²) in [5.74, 6) is -1.28. The molecule has 2 amide bonds. The summed E-state index contributed by atoms with van der Waals surface area (Å²) in [6, 6.07) is -0.558. The largest absolute Gasteiger partial charge is 0.391 e. The molecule has 21 heavy (non-hydrogen) atoms. The van der Waals surface area contributed by atoms with Gasteiger partial charge in [0.2, 0.25) is 0 Å². The van der Waals surface area contributed by atoms with Gasteiger partial charge in [-0.05, 0) is 52.2 Å². The summed E-state index contributed by atoms with van der Waals surface area (Å²) in [6.07, 6.45) is -1.04. The van der Waals surface area contributed by atoms with Gasteiger partial charge in [0.1, 0.15) is 0 Å². The summed E-state index contributed by atoms with van der Waals surface area (Å²) in [7, 11) is 2.04. The van der Waals surface area contributed by atoms with Gasteiger partial charge in [-0.25, -0.2) is 4.79 Å². The van der Waals surface area contributed by atoms with Crippen LogP contribution < -0.4 is 10.6 Å². The molecule has 1 saturated heterocycles. The lowest BCUT2D eigenvalue weighted by Crippen LogP contribution is -2.50. The van der Waals surface area contributed by atoms with Crippen molar-refractivity contribution in [2.45, 2.75) is 56.8 Å². The lowest BCUT2D eigenvalue weighted by molar-refractivity contribution is -0.183. The third-order valence-electron chi connectivity index (χ3n) is 4.53. The number of piperidine rings is 1. The zero-order valence-corrected chi connectivity index (χ0v) is 12.4. The smallest absolute Gasteiger partial charge is 0.335 e. The number of alkyl halides is 3. The number of nitrogens with one attached hydrogen (secondary N) is 2. The molecule has 7 heteroatoms. The van der Waals surface area contributed by atoms with Gasteiger partial charge < -0.3 is 15.5 Å². The summed E-state index contributed by atoms with van der Waals surface area (Å²) in [5.41, 5.74) is 0. The molecule has 0 spiro atoms. The average molecular weight is 307 g/mol. The van der Waals surface area contributed by atoms with Crippen molar-refractivity contribution < 1.29 is 18.0 Å². The first-order chi connectivity index (χ1) is 9.84. The van der Waals surface area contributed by atoms with E-state index < -0.39 is 12.1 Å². The van der Waals surface area contributed by atoms with E-state index in [-0.39, 0.29) is 31.0 Å². The lowest BCUT2D eigenvalue weighted by Gasteiger charge is -2.33. The van der Waals surface area contributed by atoms with Crippen LogP contribution in [0.3, 0.4) is 0 Å². The number of likely N-dealkylation sites (tertiary alicyclic amines) is 1. The van der Waals surface area contributed by atoms with Crippen LogP contribution in [0.5, 0.6) is 0 Å². The minimum Gasteiger partial charge on any atom is -0.335 e. The van der Waals surface area contributed by atoms with Crippen LogP contribution in [0.15, 0.2) is 0 Å². The number of carbonyl (C=O) groups excluding carboxylic acids is 1. The Balaban J connectivity index is 1.74. The van der Waals surface area contributed by atoms with Gasteiger partial charge in [-0.3, -0.25) is 0 Å². The highest BCUT2D eigenvalue weighted by Crippen LogP contribution is 2.37. The minimum atomic E-state index is -4.15. The van der Waals surface area contributed by atoms with Crippen molar-refractivity contribution in [3.8, 4) is 0 Å². The van der Waals surface area contributed by atoms with Gasteiger partial charge in [0.25, 0.3) is 0 Å². The van der Waals surface area contributed by atoms with Crippen molar-refractivity contribution in [2.75, 3.05) is 20.1 Å². The first kappa shape index (κ1) is 16.4. The lowest BCUT2D eigenvalue weighted by atomic mass is 9.85. The minimum absolute atomic E-state index is 0.00429. The van der Waals surface area contributed by atoms with Gasteiger partial charge in [-0.2, -0.15) is 13.2 Å². The number of hydrogen-bond acceptors (Lipinski definition) is 2. The second kappa shape index (κ2) is 6.85. The van der Waals surface area contributed by atoms with E-state index >= 15 is 0 Å². The second-order valence-corrected chi connectivity index (χ2v) is 6.30. The quantitative estimate of drug-likeness (QED) is 0.823. The Kier molecular flexibility index (Phi) is 5.35. The number of nitrogens with zero attached hydrogens (tertiary/aromatic N) is 1. The predicted molar refractivity (Wildman–Crippen MR) is 74.0 cm³/mol. The Bertz CT molecular complexity index is 354. The molecule has 2 atom stereocenters. The van der Waals surface area contributed by atoms with E-state index in [1.165, 1.54) is 0 Å². The van der Waals surface area contributed by atoms with Crippen LogP contribution in [0.25, 0.3) is 0 Å². The molecule has 2 N–H and O–H groups in total. The molecular formula is C14H24F3N3O. The number of carbonyl (C=O) groups is 1. The van der Waals surface area contributed by atoms with Gasteiger partial charge >= 0.3 is 12.2 Å². The fourth-order valence-corrected chi connectivity index (χ4v) is 3.18. The third kappa shape index (κ3) is 5.05. The molecule has 2 aliphatic rings. The number of amides is 2. The van der Waals surface area contributed by atoms with E-state index in [2.05, 4.69) is 15.5 Å². The Hall–Kier alpha value is -0.980. The maximum absolute atomic E-state index is 12.7. The highest BCUT2D eigenvalue weighted by molar-refractivity contribution is 5.74. The topological polar surface area (TPSA) is 44.4 Å². The summed E-state index contributed by atoms with van der Waals surface area (Å²) in [5, 5.41) is 5.60. The molecule has 1 aliphatic carbocycles. The van der Waals surface area contributed by atoms with Gasteiger partial charge in [0, 0.05) is 12.1 Å². The van der Waals surface area contributed by atoms with Crippen molar-refractivity contribution >= 4 is 6.03 Å². The van der Waals surface area contributed by atoms with Crippen LogP contribution in [-0.2, 0) is 0 Å². The standard InChI is InChI=1S/C14H24F3N3O/c1-20-7-5-11(6-8-20)18-13(21)19-12-4-2-3-10(9-12)14(15,16)17/h10-12H,2-9H2,1H3,(H2,18,19,21). The first-order valence-corrected chi connectivity index (χ1v) is 7.67. The van der Waals surface area contributed by atoms with Crippen LogP contribution in [-0.4, -0.2) is 49.3 Å². The molecule has 4 nitrogen and oxygen atoms in total. The number of hydrogen-bond donors (Lipinski definition) is 2. The molecular weight excluding hydrogens is 283 g/mol. The fraction of sp³-hybridized carbons (Fsp3) is 0.929. The monoisotopic (exact) mass is 307 g/mol. The van der Waals surface area contributed by atoms with Crippen molar-refractivity contribution in [1.29, 1.82) is 0 Å². The van der Waals surface area contributed by atoms with E-state index in [9.17, 15) is 18.0 Å². The van der Waals surface area contributed by atoms with Gasteiger partial charge in [0.05, 0.1) is 5.92 Å². The van der Waals surface area contributed by atoms with E-state index in [0.29, 0.717) is 12.8 Å². The van der Waals surface area contributed by atoms with Crippen molar-refractivity contribution in [2.24, 2.45) is 5.92 Å². The van der Waals surface area contributed by atoms with Crippen LogP contribution in [0.4, 0.5) is 18.0 Å². The molecule has 1 aliphatic heterocycles. The zero-order chi connectivity index (χ0) is 15.5. The maximum Gasteiger partial charge on any atom is 0.391 e. The molecule has 0 bridgehead atoms. The Labute approximate surface area is 123 Å². The molecule has 2 rings (SSSR count). The molecule has 1 saturated carbocycles. The van der Waals surface area contributed by atoms with Crippen molar-refractivity contribution in [3.05, 3.63) is 0 Å². The third-order valence-corrected chi connectivity index (χ3v) is 4.53. The zero-order valence-electron chi connectivity index (χ0n) is 12.4. The van der Waals surface area contributed by atoms with E-state index in [4.69, 9.17) is 0 Å². The Morgan fingerprint density at radius 3 is 2.29 bits per heavy atom. The SMILES string of the molecule is CN1CCC(NC(=O)NC2CCCC(C(F)(F)F)C2)CC1. The molecule has 0 aromatic heterocycles. The molecule has 0 radical (unpaired) electrons. The van der Waals surface area contributed by atoms with Crippen molar-refractivity contribution in [3.63, 3.8) is 0 Å². The Morgan fingerprint density at radius 2 is 1.67 bits per heavy atom. The maximum atomic E-state index is 12.7. The fourth-order valence-electron chi connectivity index (χ4n) is 3.18. The molecule has 2 unspecified atom stereocenters. The second-order valence-electron chi connectivity index (χ2n) is 6.30. The molecule has 1 heterocycles. The summed E-state index contributed by atoms with van der Waals surface area (Å²) in [6.45, 7) is 1.87. The van der Waals surface area contributed by atoms with Gasteiger partial charge in [-0.15, -0.1) is 0 Å². The van der Waals surface area contributed by atoms with Crippen LogP contribution in [0.1, 0.15) is 38.5 Å². The van der Waals surface area contributed by atoms with Crippen LogP contribution >= 0.6 is 0 Å². The molecule has 0 aromatic carbocycles. The number of halogens is 3. The van der Waals surface area contributed by atoms with Gasteiger partial charge in [0.15, 0.2) is 0 Å². The number of urea groups is 1. The normalized spacial score (nSPS) is 29.1. The van der Waals surface area contributed by atoms with E-state index in [1.807, 2.05) is 7.05 Å². The summed E-state index contributed by atoms with van der Waals surface area (Å²) in [4.78, 5) is 14.1. The molecule has 0 aromatic rings. The van der Waals surface area contributed by atoms with Crippen LogP contribution in [0.2, 0.25) is 0 Å². The van der Waals surface area contributed by atoms with Crippen molar-refractivity contribution in [1.82, 2.24) is 15.5 Å². The number of rotatable bonds is 2. The summed E-state index contributed by atoms with van der Waals surface area (Å²) >= 11 is 0.